The van der Waals surface area contributed by atoms with Gasteiger partial charge in [0.1, 0.15) is 5.15 Å². The van der Waals surface area contributed by atoms with Gasteiger partial charge in [0.15, 0.2) is 0 Å². The van der Waals surface area contributed by atoms with E-state index in [1.54, 1.807) is 0 Å². The van der Waals surface area contributed by atoms with Crippen LogP contribution < -0.4 is 11.2 Å². The summed E-state index contributed by atoms with van der Waals surface area (Å²) in [6.45, 7) is 0. The summed E-state index contributed by atoms with van der Waals surface area (Å²) in [4.78, 5) is 26.0. The second kappa shape index (κ2) is 4.14. The van der Waals surface area contributed by atoms with E-state index in [2.05, 4.69) is 4.98 Å². The van der Waals surface area contributed by atoms with E-state index in [4.69, 9.17) is 11.6 Å². The van der Waals surface area contributed by atoms with Gasteiger partial charge in [-0.2, -0.15) is 0 Å². The number of aromatic nitrogens is 2. The quantitative estimate of drug-likeness (QED) is 0.841. The Balaban J connectivity index is 1.97. The summed E-state index contributed by atoms with van der Waals surface area (Å²) in [5.74, 6) is 0.242. The van der Waals surface area contributed by atoms with Gasteiger partial charge in [0.25, 0.3) is 5.56 Å². The molecule has 0 saturated heterocycles. The molecule has 2 atom stereocenters. The van der Waals surface area contributed by atoms with E-state index in [1.165, 1.54) is 10.6 Å². The van der Waals surface area contributed by atoms with E-state index in [9.17, 15) is 9.59 Å². The van der Waals surface area contributed by atoms with Gasteiger partial charge in [-0.05, 0) is 12.0 Å². The number of hydrogen-bond donors (Lipinski definition) is 1. The largest absolute Gasteiger partial charge is 0.329 e. The van der Waals surface area contributed by atoms with Crippen LogP contribution in [0.25, 0.3) is 0 Å². The molecule has 1 aromatic heterocycles. The zero-order valence-electron chi connectivity index (χ0n) is 9.47. The van der Waals surface area contributed by atoms with Gasteiger partial charge in [-0.15, -0.1) is 0 Å². The first kappa shape index (κ1) is 11.3. The average Bonchev–Trinajstić information content (AvgIpc) is 3.09. The molecule has 2 aromatic rings. The lowest BCUT2D eigenvalue weighted by molar-refractivity contribution is 0.639. The van der Waals surface area contributed by atoms with Crippen molar-refractivity contribution in [1.82, 2.24) is 9.55 Å². The van der Waals surface area contributed by atoms with Crippen LogP contribution in [-0.4, -0.2) is 9.55 Å². The highest BCUT2D eigenvalue weighted by molar-refractivity contribution is 6.29. The van der Waals surface area contributed by atoms with Crippen molar-refractivity contribution < 1.29 is 0 Å². The van der Waals surface area contributed by atoms with Crippen molar-refractivity contribution in [3.8, 4) is 0 Å². The second-order valence-corrected chi connectivity index (χ2v) is 4.86. The Morgan fingerprint density at radius 2 is 1.94 bits per heavy atom. The fourth-order valence-corrected chi connectivity index (χ4v) is 2.49. The van der Waals surface area contributed by atoms with Gasteiger partial charge in [-0.1, -0.05) is 41.9 Å². The van der Waals surface area contributed by atoms with Crippen LogP contribution in [0.2, 0.25) is 5.15 Å². The maximum absolute atomic E-state index is 11.8. The molecular weight excluding hydrogens is 252 g/mol. The highest BCUT2D eigenvalue weighted by Crippen LogP contribution is 2.49. The molecule has 0 amide bonds. The lowest BCUT2D eigenvalue weighted by atomic mass is 10.1. The first-order chi connectivity index (χ1) is 8.66. The molecule has 1 aliphatic carbocycles. The third-order valence-corrected chi connectivity index (χ3v) is 3.45. The lowest BCUT2D eigenvalue weighted by Crippen LogP contribution is -2.34. The Kier molecular flexibility index (Phi) is 2.59. The highest BCUT2D eigenvalue weighted by Gasteiger charge is 2.41. The van der Waals surface area contributed by atoms with Gasteiger partial charge in [0.2, 0.25) is 0 Å². The molecule has 4 nitrogen and oxygen atoms in total. The Morgan fingerprint density at radius 1 is 1.22 bits per heavy atom. The Morgan fingerprint density at radius 3 is 2.61 bits per heavy atom. The Bertz CT molecular complexity index is 659. The number of nitrogens with zero attached hydrogens (tertiary/aromatic N) is 1. The summed E-state index contributed by atoms with van der Waals surface area (Å²) < 4.78 is 1.25. The minimum Gasteiger partial charge on any atom is -0.298 e. The molecule has 0 bridgehead atoms. The van der Waals surface area contributed by atoms with E-state index < -0.39 is 5.69 Å². The molecule has 92 valence electrons. The monoisotopic (exact) mass is 262 g/mol. The molecular formula is C13H11ClN2O2. The molecule has 3 rings (SSSR count). The van der Waals surface area contributed by atoms with Gasteiger partial charge < -0.3 is 0 Å². The normalized spacial score (nSPS) is 21.8. The van der Waals surface area contributed by atoms with Crippen LogP contribution in [0.4, 0.5) is 0 Å². The molecule has 1 aliphatic rings. The van der Waals surface area contributed by atoms with E-state index in [1.807, 2.05) is 30.3 Å². The first-order valence-corrected chi connectivity index (χ1v) is 6.11. The molecule has 1 saturated carbocycles. The van der Waals surface area contributed by atoms with Gasteiger partial charge >= 0.3 is 5.69 Å². The predicted molar refractivity (Wildman–Crippen MR) is 69.2 cm³/mol. The van der Waals surface area contributed by atoms with Crippen LogP contribution in [0.15, 0.2) is 46.0 Å². The van der Waals surface area contributed by atoms with Crippen molar-refractivity contribution in [3.63, 3.8) is 0 Å². The lowest BCUT2D eigenvalue weighted by Gasteiger charge is -2.03. The van der Waals surface area contributed by atoms with Crippen molar-refractivity contribution >= 4 is 11.6 Å². The first-order valence-electron chi connectivity index (χ1n) is 5.73. The molecule has 1 N–H and O–H groups in total. The number of hydrogen-bond acceptors (Lipinski definition) is 2. The summed E-state index contributed by atoms with van der Waals surface area (Å²) >= 11 is 5.63. The zero-order chi connectivity index (χ0) is 12.7. The third-order valence-electron chi connectivity index (χ3n) is 3.25. The van der Waals surface area contributed by atoms with Crippen LogP contribution in [0.5, 0.6) is 0 Å². The van der Waals surface area contributed by atoms with Crippen molar-refractivity contribution in [1.29, 1.82) is 0 Å². The van der Waals surface area contributed by atoms with Crippen LogP contribution in [-0.2, 0) is 0 Å². The highest BCUT2D eigenvalue weighted by atomic mass is 35.5. The van der Waals surface area contributed by atoms with E-state index in [-0.39, 0.29) is 22.7 Å². The minimum atomic E-state index is -0.434. The minimum absolute atomic E-state index is 0.0547. The standard InChI is InChI=1S/C13H11ClN2O2/c14-11-7-12(17)16(13(18)15-11)10-6-9(10)8-4-2-1-3-5-8/h1-5,7,9-10H,6H2,(H,15,18). The molecule has 1 heterocycles. The van der Waals surface area contributed by atoms with E-state index in [0.29, 0.717) is 0 Å². The molecule has 0 radical (unpaired) electrons. The van der Waals surface area contributed by atoms with Gasteiger partial charge in [-0.3, -0.25) is 14.3 Å². The van der Waals surface area contributed by atoms with Crippen molar-refractivity contribution in [2.24, 2.45) is 0 Å². The van der Waals surface area contributed by atoms with Gasteiger partial charge in [-0.25, -0.2) is 4.79 Å². The van der Waals surface area contributed by atoms with Crippen molar-refractivity contribution in [2.45, 2.75) is 18.4 Å². The summed E-state index contributed by atoms with van der Waals surface area (Å²) in [7, 11) is 0. The van der Waals surface area contributed by atoms with E-state index >= 15 is 0 Å². The zero-order valence-corrected chi connectivity index (χ0v) is 10.2. The average molecular weight is 263 g/mol. The van der Waals surface area contributed by atoms with Crippen LogP contribution in [0, 0.1) is 0 Å². The number of nitrogens with one attached hydrogen (secondary N) is 1. The Labute approximate surface area is 108 Å². The smallest absolute Gasteiger partial charge is 0.298 e. The molecule has 0 spiro atoms. The SMILES string of the molecule is O=c1cc(Cl)[nH]c(=O)n1C1CC1c1ccccc1. The molecule has 1 aromatic carbocycles. The molecule has 1 fully saturated rings. The molecule has 5 heteroatoms. The summed E-state index contributed by atoms with van der Waals surface area (Å²) in [5.41, 5.74) is 0.381. The number of rotatable bonds is 2. The number of benzene rings is 1. The second-order valence-electron chi connectivity index (χ2n) is 4.45. The van der Waals surface area contributed by atoms with Crippen LogP contribution in [0.1, 0.15) is 23.9 Å². The van der Waals surface area contributed by atoms with Crippen LogP contribution in [0.3, 0.4) is 0 Å². The van der Waals surface area contributed by atoms with Crippen molar-refractivity contribution in [2.75, 3.05) is 0 Å². The van der Waals surface area contributed by atoms with Crippen molar-refractivity contribution in [3.05, 3.63) is 68.0 Å². The van der Waals surface area contributed by atoms with Gasteiger partial charge in [0.05, 0.1) is 0 Å². The summed E-state index contributed by atoms with van der Waals surface area (Å²) in [6.07, 6.45) is 0.814. The Hall–Kier alpha value is -1.81. The fraction of sp³-hybridized carbons (Fsp3) is 0.231. The maximum Gasteiger partial charge on any atom is 0.329 e. The summed E-state index contributed by atoms with van der Waals surface area (Å²) in [5, 5.41) is 0.0816. The topological polar surface area (TPSA) is 54.9 Å². The molecule has 2 unspecified atom stereocenters. The predicted octanol–water partition coefficient (Wildman–Crippen LogP) is 1.92. The van der Waals surface area contributed by atoms with Gasteiger partial charge in [0, 0.05) is 18.0 Å². The molecule has 18 heavy (non-hydrogen) atoms. The molecule has 0 aliphatic heterocycles. The fourth-order valence-electron chi connectivity index (χ4n) is 2.32. The van der Waals surface area contributed by atoms with Crippen LogP contribution >= 0.6 is 11.6 Å². The third kappa shape index (κ3) is 1.88. The van der Waals surface area contributed by atoms with E-state index in [0.717, 1.165) is 12.0 Å². The summed E-state index contributed by atoms with van der Waals surface area (Å²) in [6, 6.07) is 11.1. The number of H-pyrrole nitrogens is 1. The number of aromatic amines is 1. The number of halogens is 1. The maximum atomic E-state index is 11.8.